The summed E-state index contributed by atoms with van der Waals surface area (Å²) in [4.78, 5) is 12.0. The maximum absolute atomic E-state index is 12.4. The minimum atomic E-state index is -0.824. The minimum absolute atomic E-state index is 0.157. The quantitative estimate of drug-likeness (QED) is 0.227. The van der Waals surface area contributed by atoms with Crippen molar-refractivity contribution in [3.63, 3.8) is 0 Å². The zero-order valence-corrected chi connectivity index (χ0v) is 17.9. The summed E-state index contributed by atoms with van der Waals surface area (Å²) in [6, 6.07) is 11.7. The van der Waals surface area contributed by atoms with E-state index in [9.17, 15) is 13.6 Å². The molecule has 0 atom stereocenters. The smallest absolute Gasteiger partial charge is 0.215 e. The SMILES string of the molecule is CNc1ccc(C2=C(C)CCN(/C(N)=N/N(C)N)C2)cc1.O=Cc1c(F)cccc1F. The fourth-order valence-electron chi connectivity index (χ4n) is 3.08. The minimum Gasteiger partial charge on any atom is -0.388 e. The monoisotopic (exact) mass is 430 g/mol. The number of nitrogens with one attached hydrogen (secondary N) is 1. The highest BCUT2D eigenvalue weighted by molar-refractivity contribution is 5.82. The summed E-state index contributed by atoms with van der Waals surface area (Å²) in [5.41, 5.74) is 10.5. The van der Waals surface area contributed by atoms with Crippen molar-refractivity contribution in [2.75, 3.05) is 32.5 Å². The Balaban J connectivity index is 0.000000285. The molecule has 2 aromatic rings. The van der Waals surface area contributed by atoms with Gasteiger partial charge in [-0.2, -0.15) is 0 Å². The third-order valence-electron chi connectivity index (χ3n) is 4.84. The first-order valence-corrected chi connectivity index (χ1v) is 9.70. The molecule has 3 rings (SSSR count). The largest absolute Gasteiger partial charge is 0.388 e. The van der Waals surface area contributed by atoms with Crippen molar-refractivity contribution in [2.24, 2.45) is 16.7 Å². The van der Waals surface area contributed by atoms with Crippen LogP contribution in [0.2, 0.25) is 0 Å². The van der Waals surface area contributed by atoms with Crippen LogP contribution in [0.5, 0.6) is 0 Å². The number of hydrogen-bond donors (Lipinski definition) is 3. The first-order chi connectivity index (χ1) is 14.8. The molecule has 31 heavy (non-hydrogen) atoms. The van der Waals surface area contributed by atoms with E-state index in [0.717, 1.165) is 37.3 Å². The van der Waals surface area contributed by atoms with E-state index in [1.807, 2.05) is 7.05 Å². The van der Waals surface area contributed by atoms with Crippen LogP contribution in [0.15, 0.2) is 53.1 Å². The molecule has 1 aliphatic heterocycles. The highest BCUT2D eigenvalue weighted by Gasteiger charge is 2.19. The summed E-state index contributed by atoms with van der Waals surface area (Å²) in [6.07, 6.45) is 1.14. The molecule has 2 aromatic carbocycles. The topological polar surface area (TPSA) is 100.0 Å². The normalized spacial score (nSPS) is 14.0. The number of nitrogens with zero attached hydrogens (tertiary/aromatic N) is 3. The fraction of sp³-hybridized carbons (Fsp3) is 0.273. The van der Waals surface area contributed by atoms with E-state index < -0.39 is 17.2 Å². The molecule has 0 radical (unpaired) electrons. The van der Waals surface area contributed by atoms with Crippen molar-refractivity contribution in [2.45, 2.75) is 13.3 Å². The Kier molecular flexibility index (Phi) is 8.51. The van der Waals surface area contributed by atoms with Gasteiger partial charge in [0.2, 0.25) is 5.96 Å². The molecule has 0 saturated heterocycles. The van der Waals surface area contributed by atoms with Gasteiger partial charge in [-0.05, 0) is 48.7 Å². The second kappa shape index (κ2) is 11.1. The molecule has 0 fully saturated rings. The molecule has 0 aliphatic carbocycles. The van der Waals surface area contributed by atoms with Crippen LogP contribution in [0.4, 0.5) is 14.5 Å². The summed E-state index contributed by atoms with van der Waals surface area (Å²) < 4.78 is 24.8. The van der Waals surface area contributed by atoms with E-state index in [-0.39, 0.29) is 6.29 Å². The molecule has 166 valence electrons. The lowest BCUT2D eigenvalue weighted by atomic mass is 9.95. The second-order valence-electron chi connectivity index (χ2n) is 7.04. The van der Waals surface area contributed by atoms with Crippen molar-refractivity contribution in [1.82, 2.24) is 10.0 Å². The molecule has 7 nitrogen and oxygen atoms in total. The van der Waals surface area contributed by atoms with Gasteiger partial charge in [0.25, 0.3) is 0 Å². The molecule has 0 saturated carbocycles. The van der Waals surface area contributed by atoms with E-state index in [1.165, 1.54) is 27.9 Å². The number of hydrogen-bond acceptors (Lipinski definition) is 5. The molecule has 0 spiro atoms. The van der Waals surface area contributed by atoms with Crippen LogP contribution in [0, 0.1) is 11.6 Å². The Morgan fingerprint density at radius 3 is 2.29 bits per heavy atom. The number of rotatable bonds is 4. The molecule has 9 heteroatoms. The summed E-state index contributed by atoms with van der Waals surface area (Å²) in [6.45, 7) is 3.81. The van der Waals surface area contributed by atoms with Gasteiger partial charge in [-0.25, -0.2) is 19.7 Å². The maximum atomic E-state index is 12.4. The zero-order chi connectivity index (χ0) is 23.0. The summed E-state index contributed by atoms with van der Waals surface area (Å²) in [5, 5.41) is 8.45. The van der Waals surface area contributed by atoms with Gasteiger partial charge in [-0.3, -0.25) is 4.79 Å². The Morgan fingerprint density at radius 1 is 1.19 bits per heavy atom. The lowest BCUT2D eigenvalue weighted by Gasteiger charge is -2.31. The number of benzene rings is 2. The van der Waals surface area contributed by atoms with Crippen LogP contribution in [0.3, 0.4) is 0 Å². The molecular weight excluding hydrogens is 402 g/mol. The number of hydrazone groups is 1. The molecular formula is C22H28F2N6O. The van der Waals surface area contributed by atoms with Crippen LogP contribution in [-0.4, -0.2) is 49.4 Å². The standard InChI is InChI=1S/C15H24N6.C7H4F2O/c1-11-8-9-21(15(16)19-20(3)17)10-14(11)12-4-6-13(18-2)7-5-12;8-6-2-1-3-7(9)5(6)4-10/h4-7,18H,8-10,17H2,1-3H3,(H2,16,19);1-4H. The Bertz CT molecular complexity index is 937. The number of aldehydes is 1. The van der Waals surface area contributed by atoms with Crippen molar-refractivity contribution in [3.8, 4) is 0 Å². The number of anilines is 1. The van der Waals surface area contributed by atoms with Crippen molar-refractivity contribution >= 4 is 23.5 Å². The van der Waals surface area contributed by atoms with Gasteiger partial charge in [0, 0.05) is 32.9 Å². The van der Waals surface area contributed by atoms with Gasteiger partial charge >= 0.3 is 0 Å². The summed E-state index contributed by atoms with van der Waals surface area (Å²) >= 11 is 0. The van der Waals surface area contributed by atoms with Gasteiger partial charge in [0.15, 0.2) is 6.29 Å². The lowest BCUT2D eigenvalue weighted by Crippen LogP contribution is -2.43. The average molecular weight is 431 g/mol. The maximum Gasteiger partial charge on any atom is 0.215 e. The lowest BCUT2D eigenvalue weighted by molar-refractivity contribution is 0.111. The third-order valence-corrected chi connectivity index (χ3v) is 4.84. The van der Waals surface area contributed by atoms with Crippen LogP contribution in [0.25, 0.3) is 5.57 Å². The number of halogens is 2. The first kappa shape index (κ1) is 23.8. The van der Waals surface area contributed by atoms with E-state index >= 15 is 0 Å². The van der Waals surface area contributed by atoms with Crippen molar-refractivity contribution < 1.29 is 13.6 Å². The molecule has 0 bridgehead atoms. The molecule has 0 unspecified atom stereocenters. The molecule has 0 amide bonds. The average Bonchev–Trinajstić information content (AvgIpc) is 2.74. The molecule has 1 heterocycles. The van der Waals surface area contributed by atoms with E-state index in [1.54, 1.807) is 7.05 Å². The molecule has 5 N–H and O–H groups in total. The predicted octanol–water partition coefficient (Wildman–Crippen LogP) is 3.02. The van der Waals surface area contributed by atoms with Crippen molar-refractivity contribution in [3.05, 3.63) is 70.8 Å². The first-order valence-electron chi connectivity index (χ1n) is 9.70. The number of guanidine groups is 1. The number of carbonyl (C=O) groups excluding carboxylic acids is 1. The van der Waals surface area contributed by atoms with Crippen LogP contribution in [0.1, 0.15) is 29.3 Å². The number of hydrazine groups is 1. The number of carbonyl (C=O) groups is 1. The van der Waals surface area contributed by atoms with E-state index in [0.29, 0.717) is 5.96 Å². The van der Waals surface area contributed by atoms with Gasteiger partial charge in [0.1, 0.15) is 11.6 Å². The third kappa shape index (κ3) is 6.51. The summed E-state index contributed by atoms with van der Waals surface area (Å²) in [7, 11) is 3.58. The van der Waals surface area contributed by atoms with Crippen molar-refractivity contribution in [1.29, 1.82) is 0 Å². The van der Waals surface area contributed by atoms with Gasteiger partial charge in [-0.15, -0.1) is 5.10 Å². The Labute approximate surface area is 181 Å². The van der Waals surface area contributed by atoms with E-state index in [4.69, 9.17) is 11.6 Å². The molecule has 1 aliphatic rings. The zero-order valence-electron chi connectivity index (χ0n) is 17.9. The second-order valence-corrected chi connectivity index (χ2v) is 7.04. The fourth-order valence-corrected chi connectivity index (χ4v) is 3.08. The van der Waals surface area contributed by atoms with Gasteiger partial charge < -0.3 is 16.0 Å². The predicted molar refractivity (Wildman–Crippen MR) is 120 cm³/mol. The number of nitrogens with two attached hydrogens (primary N) is 2. The van der Waals surface area contributed by atoms with Gasteiger partial charge in [0.05, 0.1) is 5.56 Å². The highest BCUT2D eigenvalue weighted by atomic mass is 19.1. The Hall–Kier alpha value is -3.46. The van der Waals surface area contributed by atoms with E-state index in [2.05, 4.69) is 46.5 Å². The Morgan fingerprint density at radius 2 is 1.81 bits per heavy atom. The van der Waals surface area contributed by atoms with Gasteiger partial charge in [-0.1, -0.05) is 23.8 Å². The van der Waals surface area contributed by atoms with Crippen LogP contribution < -0.4 is 16.9 Å². The molecule has 0 aromatic heterocycles. The summed E-state index contributed by atoms with van der Waals surface area (Å²) in [5.74, 6) is 4.33. The van der Waals surface area contributed by atoms with Crippen LogP contribution in [-0.2, 0) is 0 Å². The highest BCUT2D eigenvalue weighted by Crippen LogP contribution is 2.27. The van der Waals surface area contributed by atoms with Crippen LogP contribution >= 0.6 is 0 Å².